The number of hydrogen-bond donors (Lipinski definition) is 1. The molecular formula is C18H25NO2. The van der Waals surface area contributed by atoms with E-state index in [1.807, 2.05) is 38.1 Å². The van der Waals surface area contributed by atoms with Crippen LogP contribution in [0.5, 0.6) is 5.75 Å². The van der Waals surface area contributed by atoms with Gasteiger partial charge in [0.1, 0.15) is 5.75 Å². The molecule has 21 heavy (non-hydrogen) atoms. The van der Waals surface area contributed by atoms with Crippen molar-refractivity contribution in [2.75, 3.05) is 6.54 Å². The van der Waals surface area contributed by atoms with E-state index in [1.54, 1.807) is 0 Å². The number of ether oxygens (including phenoxy) is 1. The van der Waals surface area contributed by atoms with Crippen LogP contribution in [-0.4, -0.2) is 18.6 Å². The molecule has 3 nitrogen and oxygen atoms in total. The quantitative estimate of drug-likeness (QED) is 0.809. The van der Waals surface area contributed by atoms with Gasteiger partial charge in [0, 0.05) is 6.54 Å². The SMILES string of the molecule is CC[C@H](Oc1ccc(C)cc1)C(=O)NCC1=CCCCC1. The first-order valence-electron chi connectivity index (χ1n) is 7.88. The Balaban J connectivity index is 1.86. The summed E-state index contributed by atoms with van der Waals surface area (Å²) in [4.78, 5) is 12.2. The molecule has 0 heterocycles. The van der Waals surface area contributed by atoms with Crippen molar-refractivity contribution in [2.24, 2.45) is 0 Å². The van der Waals surface area contributed by atoms with Gasteiger partial charge in [0.15, 0.2) is 6.10 Å². The molecule has 0 aliphatic heterocycles. The van der Waals surface area contributed by atoms with Crippen LogP contribution in [0.25, 0.3) is 0 Å². The Morgan fingerprint density at radius 1 is 1.29 bits per heavy atom. The average molecular weight is 287 g/mol. The Morgan fingerprint density at radius 3 is 2.67 bits per heavy atom. The van der Waals surface area contributed by atoms with Crippen molar-refractivity contribution in [3.8, 4) is 5.75 Å². The maximum atomic E-state index is 12.2. The van der Waals surface area contributed by atoms with Crippen LogP contribution < -0.4 is 10.1 Å². The number of nitrogens with one attached hydrogen (secondary N) is 1. The third kappa shape index (κ3) is 4.92. The lowest BCUT2D eigenvalue weighted by Gasteiger charge is -2.19. The molecule has 0 radical (unpaired) electrons. The summed E-state index contributed by atoms with van der Waals surface area (Å²) in [5.41, 5.74) is 2.53. The molecule has 0 fully saturated rings. The molecule has 1 aromatic rings. The van der Waals surface area contributed by atoms with Crippen LogP contribution in [0.2, 0.25) is 0 Å². The smallest absolute Gasteiger partial charge is 0.261 e. The zero-order valence-electron chi connectivity index (χ0n) is 13.0. The monoisotopic (exact) mass is 287 g/mol. The fourth-order valence-corrected chi connectivity index (χ4v) is 2.48. The molecule has 0 bridgehead atoms. The second kappa shape index (κ2) is 7.87. The van der Waals surface area contributed by atoms with Gasteiger partial charge in [0.05, 0.1) is 0 Å². The van der Waals surface area contributed by atoms with Crippen molar-refractivity contribution in [3.05, 3.63) is 41.5 Å². The lowest BCUT2D eigenvalue weighted by atomic mass is 9.99. The highest BCUT2D eigenvalue weighted by Crippen LogP contribution is 2.17. The molecule has 0 saturated carbocycles. The summed E-state index contributed by atoms with van der Waals surface area (Å²) in [6.45, 7) is 4.66. The molecule has 1 amide bonds. The number of aryl methyl sites for hydroxylation is 1. The van der Waals surface area contributed by atoms with Crippen LogP contribution >= 0.6 is 0 Å². The van der Waals surface area contributed by atoms with Gasteiger partial charge >= 0.3 is 0 Å². The fraction of sp³-hybridized carbons (Fsp3) is 0.500. The summed E-state index contributed by atoms with van der Waals surface area (Å²) in [7, 11) is 0. The van der Waals surface area contributed by atoms with Gasteiger partial charge in [0.2, 0.25) is 0 Å². The van der Waals surface area contributed by atoms with Crippen molar-refractivity contribution in [3.63, 3.8) is 0 Å². The topological polar surface area (TPSA) is 38.3 Å². The zero-order chi connectivity index (χ0) is 15.1. The maximum Gasteiger partial charge on any atom is 0.261 e. The van der Waals surface area contributed by atoms with Crippen LogP contribution in [0.15, 0.2) is 35.9 Å². The van der Waals surface area contributed by atoms with E-state index in [2.05, 4.69) is 11.4 Å². The van der Waals surface area contributed by atoms with E-state index in [-0.39, 0.29) is 5.91 Å². The van der Waals surface area contributed by atoms with E-state index in [9.17, 15) is 4.79 Å². The van der Waals surface area contributed by atoms with Crippen LogP contribution in [0.3, 0.4) is 0 Å². The van der Waals surface area contributed by atoms with E-state index < -0.39 is 6.10 Å². The minimum atomic E-state index is -0.420. The molecule has 1 N–H and O–H groups in total. The molecule has 1 aromatic carbocycles. The summed E-state index contributed by atoms with van der Waals surface area (Å²) < 4.78 is 5.79. The molecule has 1 aliphatic carbocycles. The van der Waals surface area contributed by atoms with Gasteiger partial charge in [-0.15, -0.1) is 0 Å². The third-order valence-corrected chi connectivity index (χ3v) is 3.84. The molecule has 0 saturated heterocycles. The standard InChI is InChI=1S/C18H25NO2/c1-3-17(21-16-11-9-14(2)10-12-16)18(20)19-13-15-7-5-4-6-8-15/h7,9-12,17H,3-6,8,13H2,1-2H3,(H,19,20)/t17-/m0/s1. The summed E-state index contributed by atoms with van der Waals surface area (Å²) >= 11 is 0. The number of carbonyl (C=O) groups is 1. The van der Waals surface area contributed by atoms with Gasteiger partial charge in [-0.25, -0.2) is 0 Å². The lowest BCUT2D eigenvalue weighted by Crippen LogP contribution is -2.39. The van der Waals surface area contributed by atoms with Gasteiger partial charge in [-0.1, -0.05) is 36.3 Å². The number of rotatable bonds is 6. The molecule has 0 aromatic heterocycles. The minimum absolute atomic E-state index is 0.0236. The van der Waals surface area contributed by atoms with Crippen LogP contribution in [0, 0.1) is 6.92 Å². The molecule has 1 aliphatic rings. The molecule has 2 rings (SSSR count). The lowest BCUT2D eigenvalue weighted by molar-refractivity contribution is -0.127. The van der Waals surface area contributed by atoms with Crippen molar-refractivity contribution in [2.45, 2.75) is 52.1 Å². The Morgan fingerprint density at radius 2 is 2.05 bits per heavy atom. The average Bonchev–Trinajstić information content (AvgIpc) is 2.53. The highest BCUT2D eigenvalue weighted by atomic mass is 16.5. The predicted molar refractivity (Wildman–Crippen MR) is 85.4 cm³/mol. The number of carbonyl (C=O) groups excluding carboxylic acids is 1. The van der Waals surface area contributed by atoms with Crippen LogP contribution in [0.4, 0.5) is 0 Å². The molecule has 3 heteroatoms. The summed E-state index contributed by atoms with van der Waals surface area (Å²) in [6, 6.07) is 7.81. The van der Waals surface area contributed by atoms with Gasteiger partial charge in [0.25, 0.3) is 5.91 Å². The van der Waals surface area contributed by atoms with Gasteiger partial charge in [-0.3, -0.25) is 4.79 Å². The first kappa shape index (κ1) is 15.6. The highest BCUT2D eigenvalue weighted by Gasteiger charge is 2.18. The van der Waals surface area contributed by atoms with Gasteiger partial charge in [-0.05, 0) is 51.2 Å². The number of allylic oxidation sites excluding steroid dienone is 1. The van der Waals surface area contributed by atoms with Crippen molar-refractivity contribution in [1.29, 1.82) is 0 Å². The van der Waals surface area contributed by atoms with E-state index in [0.29, 0.717) is 13.0 Å². The minimum Gasteiger partial charge on any atom is -0.481 e. The fourth-order valence-electron chi connectivity index (χ4n) is 2.48. The largest absolute Gasteiger partial charge is 0.481 e. The molecule has 0 unspecified atom stereocenters. The Bertz CT molecular complexity index is 490. The molecule has 114 valence electrons. The van der Waals surface area contributed by atoms with E-state index >= 15 is 0 Å². The molecule has 1 atom stereocenters. The summed E-state index contributed by atoms with van der Waals surface area (Å²) in [6.07, 6.45) is 7.25. The van der Waals surface area contributed by atoms with Crippen molar-refractivity contribution < 1.29 is 9.53 Å². The summed E-state index contributed by atoms with van der Waals surface area (Å²) in [5.74, 6) is 0.726. The predicted octanol–water partition coefficient (Wildman–Crippen LogP) is 3.77. The molecule has 0 spiro atoms. The first-order valence-corrected chi connectivity index (χ1v) is 7.88. The Labute approximate surface area is 127 Å². The van der Waals surface area contributed by atoms with Gasteiger partial charge < -0.3 is 10.1 Å². The van der Waals surface area contributed by atoms with Crippen molar-refractivity contribution in [1.82, 2.24) is 5.32 Å². The maximum absolute atomic E-state index is 12.2. The van der Waals surface area contributed by atoms with E-state index in [0.717, 1.165) is 18.6 Å². The first-order chi connectivity index (χ1) is 10.2. The Hall–Kier alpha value is -1.77. The second-order valence-corrected chi connectivity index (χ2v) is 5.65. The third-order valence-electron chi connectivity index (χ3n) is 3.84. The van der Waals surface area contributed by atoms with E-state index in [4.69, 9.17) is 4.74 Å². The van der Waals surface area contributed by atoms with Crippen LogP contribution in [0.1, 0.15) is 44.6 Å². The van der Waals surface area contributed by atoms with E-state index in [1.165, 1.54) is 24.0 Å². The summed E-state index contributed by atoms with van der Waals surface area (Å²) in [5, 5.41) is 3.00. The number of benzene rings is 1. The van der Waals surface area contributed by atoms with Crippen molar-refractivity contribution >= 4 is 5.91 Å². The highest BCUT2D eigenvalue weighted by molar-refractivity contribution is 5.81. The van der Waals surface area contributed by atoms with Crippen LogP contribution in [-0.2, 0) is 4.79 Å². The molecular weight excluding hydrogens is 262 g/mol. The Kier molecular flexibility index (Phi) is 5.85. The number of amides is 1. The van der Waals surface area contributed by atoms with Gasteiger partial charge in [-0.2, -0.15) is 0 Å². The normalized spacial score (nSPS) is 16.0. The number of hydrogen-bond acceptors (Lipinski definition) is 2. The second-order valence-electron chi connectivity index (χ2n) is 5.65. The zero-order valence-corrected chi connectivity index (χ0v) is 13.0.